The van der Waals surface area contributed by atoms with E-state index in [4.69, 9.17) is 9.47 Å². The van der Waals surface area contributed by atoms with Gasteiger partial charge in [0.15, 0.2) is 5.78 Å². The lowest BCUT2D eigenvalue weighted by atomic mass is 9.72. The third-order valence-corrected chi connectivity index (χ3v) is 3.65. The van der Waals surface area contributed by atoms with Gasteiger partial charge in [-0.15, -0.1) is 0 Å². The molecule has 96 valence electrons. The van der Waals surface area contributed by atoms with Gasteiger partial charge >= 0.3 is 0 Å². The predicted molar refractivity (Wildman–Crippen MR) is 63.4 cm³/mol. The Hall–Kier alpha value is -1.42. The van der Waals surface area contributed by atoms with E-state index in [0.29, 0.717) is 37.2 Å². The lowest BCUT2D eigenvalue weighted by Crippen LogP contribution is -2.55. The van der Waals surface area contributed by atoms with Crippen LogP contribution >= 0.6 is 0 Å². The van der Waals surface area contributed by atoms with Gasteiger partial charge in [-0.25, -0.2) is 4.39 Å². The Morgan fingerprint density at radius 1 is 1.50 bits per heavy atom. The number of ketones is 1. The second kappa shape index (κ2) is 4.05. The number of hydrogen-bond acceptors (Lipinski definition) is 3. The molecule has 1 aromatic rings. The van der Waals surface area contributed by atoms with Crippen LogP contribution in [0, 0.1) is 5.82 Å². The molecule has 0 aromatic heterocycles. The number of halogens is 1. The Morgan fingerprint density at radius 2 is 2.28 bits per heavy atom. The highest BCUT2D eigenvalue weighted by Gasteiger charge is 2.51. The summed E-state index contributed by atoms with van der Waals surface area (Å²) in [6, 6.07) is 4.09. The maximum Gasteiger partial charge on any atom is 0.170 e. The first-order valence-electron chi connectivity index (χ1n) is 6.25. The molecule has 1 fully saturated rings. The van der Waals surface area contributed by atoms with Crippen LogP contribution in [0.1, 0.15) is 36.5 Å². The molecule has 0 saturated heterocycles. The van der Waals surface area contributed by atoms with E-state index in [2.05, 4.69) is 0 Å². The standard InChI is InChI=1S/C14H15FO3/c1-2-17-10-6-14(7-10)8-12(16)11-4-3-9(15)5-13(11)18-14/h3-5,10H,2,6-8H2,1H3. The number of rotatable bonds is 2. The summed E-state index contributed by atoms with van der Waals surface area (Å²) in [5.41, 5.74) is 0.0273. The molecule has 1 heterocycles. The molecule has 3 rings (SSSR count). The van der Waals surface area contributed by atoms with E-state index in [9.17, 15) is 9.18 Å². The van der Waals surface area contributed by atoms with Crippen molar-refractivity contribution in [3.63, 3.8) is 0 Å². The first-order chi connectivity index (χ1) is 8.62. The summed E-state index contributed by atoms with van der Waals surface area (Å²) < 4.78 is 24.5. The maximum atomic E-state index is 13.2. The molecule has 1 aliphatic heterocycles. The largest absolute Gasteiger partial charge is 0.486 e. The highest BCUT2D eigenvalue weighted by atomic mass is 19.1. The Morgan fingerprint density at radius 3 is 3.00 bits per heavy atom. The molecule has 1 spiro atoms. The van der Waals surface area contributed by atoms with E-state index in [0.717, 1.165) is 0 Å². The molecule has 1 saturated carbocycles. The molecule has 4 heteroatoms. The normalized spacial score (nSPS) is 29.7. The van der Waals surface area contributed by atoms with Crippen molar-refractivity contribution in [3.05, 3.63) is 29.6 Å². The molecular formula is C14H15FO3. The van der Waals surface area contributed by atoms with Crippen LogP contribution in [0.5, 0.6) is 5.75 Å². The number of ether oxygens (including phenoxy) is 2. The predicted octanol–water partition coefficient (Wildman–Crippen LogP) is 2.73. The van der Waals surface area contributed by atoms with Gasteiger partial charge in [-0.2, -0.15) is 0 Å². The minimum Gasteiger partial charge on any atom is -0.486 e. The minimum atomic E-state index is -0.461. The first kappa shape index (κ1) is 11.7. The molecule has 18 heavy (non-hydrogen) atoms. The van der Waals surface area contributed by atoms with Gasteiger partial charge < -0.3 is 9.47 Å². The van der Waals surface area contributed by atoms with Gasteiger partial charge in [-0.3, -0.25) is 4.79 Å². The Labute approximate surface area is 105 Å². The summed E-state index contributed by atoms with van der Waals surface area (Å²) in [5.74, 6) is 0.0340. The smallest absolute Gasteiger partial charge is 0.170 e. The highest BCUT2D eigenvalue weighted by Crippen LogP contribution is 2.46. The lowest BCUT2D eigenvalue weighted by molar-refractivity contribution is -0.123. The minimum absolute atomic E-state index is 0.0335. The van der Waals surface area contributed by atoms with Crippen molar-refractivity contribution in [2.45, 2.75) is 37.9 Å². The Bertz CT molecular complexity index is 492. The van der Waals surface area contributed by atoms with Crippen molar-refractivity contribution < 1.29 is 18.7 Å². The number of carbonyl (C=O) groups is 1. The fourth-order valence-corrected chi connectivity index (χ4v) is 2.82. The Kier molecular flexibility index (Phi) is 2.63. The van der Waals surface area contributed by atoms with Crippen molar-refractivity contribution in [2.75, 3.05) is 6.61 Å². The Balaban J connectivity index is 1.82. The second-order valence-electron chi connectivity index (χ2n) is 5.01. The zero-order chi connectivity index (χ0) is 12.8. The topological polar surface area (TPSA) is 35.5 Å². The average molecular weight is 250 g/mol. The monoisotopic (exact) mass is 250 g/mol. The van der Waals surface area contributed by atoms with Crippen molar-refractivity contribution >= 4 is 5.78 Å². The molecule has 2 aliphatic rings. The molecule has 3 nitrogen and oxygen atoms in total. The first-order valence-corrected chi connectivity index (χ1v) is 6.25. The van der Waals surface area contributed by atoms with Crippen LogP contribution in [0.2, 0.25) is 0 Å². The molecule has 0 N–H and O–H groups in total. The average Bonchev–Trinajstić information content (AvgIpc) is 2.26. The molecular weight excluding hydrogens is 235 g/mol. The number of carbonyl (C=O) groups excluding carboxylic acids is 1. The highest BCUT2D eigenvalue weighted by molar-refractivity contribution is 6.00. The van der Waals surface area contributed by atoms with Crippen LogP contribution in [0.4, 0.5) is 4.39 Å². The second-order valence-corrected chi connectivity index (χ2v) is 5.01. The zero-order valence-electron chi connectivity index (χ0n) is 10.2. The molecule has 0 atom stereocenters. The van der Waals surface area contributed by atoms with Crippen LogP contribution in [-0.2, 0) is 4.74 Å². The summed E-state index contributed by atoms with van der Waals surface area (Å²) in [6.45, 7) is 2.61. The summed E-state index contributed by atoms with van der Waals surface area (Å²) in [5, 5.41) is 0. The van der Waals surface area contributed by atoms with E-state index >= 15 is 0 Å². The summed E-state index contributed by atoms with van der Waals surface area (Å²) in [4.78, 5) is 12.0. The SMILES string of the molecule is CCOC1CC2(CC(=O)c3ccc(F)cc3O2)C1. The summed E-state index contributed by atoms with van der Waals surface area (Å²) in [7, 11) is 0. The number of fused-ring (bicyclic) bond motifs is 1. The van der Waals surface area contributed by atoms with E-state index in [-0.39, 0.29) is 17.7 Å². The fourth-order valence-electron chi connectivity index (χ4n) is 2.82. The lowest BCUT2D eigenvalue weighted by Gasteiger charge is -2.48. The molecule has 0 amide bonds. The number of Topliss-reactive ketones (excluding diaryl/α,β-unsaturated/α-hetero) is 1. The van der Waals surface area contributed by atoms with Gasteiger partial charge in [0.1, 0.15) is 17.2 Å². The number of hydrogen-bond donors (Lipinski definition) is 0. The van der Waals surface area contributed by atoms with E-state index in [1.165, 1.54) is 18.2 Å². The van der Waals surface area contributed by atoms with Gasteiger partial charge in [-0.1, -0.05) is 0 Å². The van der Waals surface area contributed by atoms with E-state index in [1.54, 1.807) is 0 Å². The molecule has 0 radical (unpaired) electrons. The van der Waals surface area contributed by atoms with Gasteiger partial charge in [0.25, 0.3) is 0 Å². The third-order valence-electron chi connectivity index (χ3n) is 3.65. The van der Waals surface area contributed by atoms with E-state index in [1.807, 2.05) is 6.92 Å². The van der Waals surface area contributed by atoms with Crippen molar-refractivity contribution in [3.8, 4) is 5.75 Å². The summed E-state index contributed by atoms with van der Waals surface area (Å²) >= 11 is 0. The summed E-state index contributed by atoms with van der Waals surface area (Å²) in [6.07, 6.45) is 1.96. The number of benzene rings is 1. The van der Waals surface area contributed by atoms with Crippen LogP contribution < -0.4 is 4.74 Å². The molecule has 0 unspecified atom stereocenters. The van der Waals surface area contributed by atoms with E-state index < -0.39 is 5.60 Å². The quantitative estimate of drug-likeness (QED) is 0.809. The van der Waals surface area contributed by atoms with Crippen LogP contribution in [-0.4, -0.2) is 24.1 Å². The molecule has 1 aliphatic carbocycles. The molecule has 1 aromatic carbocycles. The molecule has 0 bridgehead atoms. The van der Waals surface area contributed by atoms with Crippen LogP contribution in [0.15, 0.2) is 18.2 Å². The van der Waals surface area contributed by atoms with Crippen LogP contribution in [0.25, 0.3) is 0 Å². The maximum absolute atomic E-state index is 13.2. The van der Waals surface area contributed by atoms with Gasteiger partial charge in [0.2, 0.25) is 0 Å². The van der Waals surface area contributed by atoms with Gasteiger partial charge in [-0.05, 0) is 19.1 Å². The van der Waals surface area contributed by atoms with Crippen molar-refractivity contribution in [1.29, 1.82) is 0 Å². The van der Waals surface area contributed by atoms with Crippen LogP contribution in [0.3, 0.4) is 0 Å². The van der Waals surface area contributed by atoms with Crippen molar-refractivity contribution in [1.82, 2.24) is 0 Å². The van der Waals surface area contributed by atoms with Gasteiger partial charge in [0, 0.05) is 25.5 Å². The van der Waals surface area contributed by atoms with Crippen molar-refractivity contribution in [2.24, 2.45) is 0 Å². The van der Waals surface area contributed by atoms with Gasteiger partial charge in [0.05, 0.1) is 18.1 Å². The fraction of sp³-hybridized carbons (Fsp3) is 0.500. The third kappa shape index (κ3) is 1.81. The zero-order valence-corrected chi connectivity index (χ0v) is 10.2.